The first-order valence-electron chi connectivity index (χ1n) is 6.77. The van der Waals surface area contributed by atoms with Crippen molar-refractivity contribution in [3.05, 3.63) is 35.8 Å². The number of carboxylic acid groups (broad SMARTS) is 1. The lowest BCUT2D eigenvalue weighted by Crippen LogP contribution is -2.34. The quantitative estimate of drug-likeness (QED) is 0.920. The predicted molar refractivity (Wildman–Crippen MR) is 76.8 cm³/mol. The number of carboxylic acids is 1. The van der Waals surface area contributed by atoms with Gasteiger partial charge in [0.25, 0.3) is 0 Å². The minimum Gasteiger partial charge on any atom is -0.477 e. The Labute approximate surface area is 121 Å². The summed E-state index contributed by atoms with van der Waals surface area (Å²) in [5, 5.41) is 9.73. The number of rotatable bonds is 5. The second-order valence-corrected chi connectivity index (χ2v) is 4.69. The Balaban J connectivity index is 2.48. The maximum Gasteiger partial charge on any atom is 0.352 e. The van der Waals surface area contributed by atoms with Crippen LogP contribution in [0.25, 0.3) is 10.9 Å². The largest absolute Gasteiger partial charge is 0.477 e. The molecule has 1 aromatic heterocycles. The highest BCUT2D eigenvalue weighted by Gasteiger charge is 2.19. The SMILES string of the molecule is CCN(CC)C(=O)Cn1c(C(=O)O)cc2cc(F)ccc21. The second-order valence-electron chi connectivity index (χ2n) is 4.69. The van der Waals surface area contributed by atoms with E-state index >= 15 is 0 Å². The Morgan fingerprint density at radius 3 is 2.48 bits per heavy atom. The van der Waals surface area contributed by atoms with Crippen LogP contribution >= 0.6 is 0 Å². The lowest BCUT2D eigenvalue weighted by molar-refractivity contribution is -0.131. The number of carbonyl (C=O) groups is 2. The van der Waals surface area contributed by atoms with E-state index in [-0.39, 0.29) is 18.1 Å². The maximum atomic E-state index is 13.2. The lowest BCUT2D eigenvalue weighted by Gasteiger charge is -2.19. The molecule has 112 valence electrons. The van der Waals surface area contributed by atoms with Gasteiger partial charge in [0.15, 0.2) is 0 Å². The van der Waals surface area contributed by atoms with Crippen molar-refractivity contribution in [1.29, 1.82) is 0 Å². The Hall–Kier alpha value is -2.37. The van der Waals surface area contributed by atoms with Gasteiger partial charge in [0.05, 0.1) is 0 Å². The number of fused-ring (bicyclic) bond motifs is 1. The van der Waals surface area contributed by atoms with Gasteiger partial charge in [-0.2, -0.15) is 0 Å². The number of amides is 1. The van der Waals surface area contributed by atoms with Gasteiger partial charge in [0, 0.05) is 24.0 Å². The third kappa shape index (κ3) is 2.89. The highest BCUT2D eigenvalue weighted by molar-refractivity contribution is 5.95. The molecule has 0 saturated carbocycles. The van der Waals surface area contributed by atoms with E-state index in [1.54, 1.807) is 4.90 Å². The Kier molecular flexibility index (Phi) is 4.26. The fourth-order valence-corrected chi connectivity index (χ4v) is 2.40. The summed E-state index contributed by atoms with van der Waals surface area (Å²) in [6, 6.07) is 5.40. The molecule has 0 aliphatic carbocycles. The number of benzene rings is 1. The van der Waals surface area contributed by atoms with E-state index in [9.17, 15) is 19.1 Å². The zero-order valence-corrected chi connectivity index (χ0v) is 12.0. The van der Waals surface area contributed by atoms with Gasteiger partial charge in [-0.1, -0.05) is 0 Å². The molecule has 2 aromatic rings. The van der Waals surface area contributed by atoms with Crippen molar-refractivity contribution in [3.63, 3.8) is 0 Å². The van der Waals surface area contributed by atoms with Gasteiger partial charge in [-0.25, -0.2) is 9.18 Å². The summed E-state index contributed by atoms with van der Waals surface area (Å²) >= 11 is 0. The van der Waals surface area contributed by atoms with E-state index in [0.717, 1.165) is 0 Å². The molecule has 21 heavy (non-hydrogen) atoms. The van der Waals surface area contributed by atoms with E-state index in [0.29, 0.717) is 24.0 Å². The predicted octanol–water partition coefficient (Wildman–Crippen LogP) is 2.35. The number of aromatic nitrogens is 1. The van der Waals surface area contributed by atoms with Gasteiger partial charge < -0.3 is 14.6 Å². The molecule has 5 nitrogen and oxygen atoms in total. The van der Waals surface area contributed by atoms with Crippen molar-refractivity contribution < 1.29 is 19.1 Å². The minimum atomic E-state index is -1.14. The fraction of sp³-hybridized carbons (Fsp3) is 0.333. The molecule has 1 aromatic carbocycles. The zero-order valence-electron chi connectivity index (χ0n) is 12.0. The molecule has 0 radical (unpaired) electrons. The zero-order chi connectivity index (χ0) is 15.6. The standard InChI is InChI=1S/C15H17FN2O3/c1-3-17(4-2)14(19)9-18-12-6-5-11(16)7-10(12)8-13(18)15(20)21/h5-8H,3-4,9H2,1-2H3,(H,20,21). The van der Waals surface area contributed by atoms with Gasteiger partial charge in [-0.05, 0) is 38.1 Å². The van der Waals surface area contributed by atoms with E-state index in [1.807, 2.05) is 13.8 Å². The molecule has 1 N–H and O–H groups in total. The number of aromatic carboxylic acids is 1. The summed E-state index contributed by atoms with van der Waals surface area (Å²) in [4.78, 5) is 25.1. The van der Waals surface area contributed by atoms with Gasteiger partial charge in [0.1, 0.15) is 18.1 Å². The van der Waals surface area contributed by atoms with Crippen LogP contribution < -0.4 is 0 Å². The molecule has 1 heterocycles. The van der Waals surface area contributed by atoms with Gasteiger partial charge >= 0.3 is 5.97 Å². The van der Waals surface area contributed by atoms with Gasteiger partial charge in [0.2, 0.25) is 5.91 Å². The third-order valence-electron chi connectivity index (χ3n) is 3.49. The second kappa shape index (κ2) is 5.95. The molecular formula is C15H17FN2O3. The summed E-state index contributed by atoms with van der Waals surface area (Å²) in [6.45, 7) is 4.78. The Bertz CT molecular complexity index is 690. The van der Waals surface area contributed by atoms with E-state index < -0.39 is 11.8 Å². The molecule has 0 atom stereocenters. The van der Waals surface area contributed by atoms with Crippen LogP contribution in [0.1, 0.15) is 24.3 Å². The van der Waals surface area contributed by atoms with Crippen LogP contribution in [0, 0.1) is 5.82 Å². The number of carbonyl (C=O) groups excluding carboxylic acids is 1. The average Bonchev–Trinajstić information content (AvgIpc) is 2.78. The first-order chi connectivity index (χ1) is 9.97. The summed E-state index contributed by atoms with van der Waals surface area (Å²) in [7, 11) is 0. The van der Waals surface area contributed by atoms with Crippen LogP contribution in [-0.2, 0) is 11.3 Å². The van der Waals surface area contributed by atoms with E-state index in [4.69, 9.17) is 0 Å². The first kappa shape index (κ1) is 15.0. The van der Waals surface area contributed by atoms with Crippen molar-refractivity contribution in [2.24, 2.45) is 0 Å². The third-order valence-corrected chi connectivity index (χ3v) is 3.49. The van der Waals surface area contributed by atoms with Crippen molar-refractivity contribution in [3.8, 4) is 0 Å². The molecule has 6 heteroatoms. The number of likely N-dealkylation sites (N-methyl/N-ethyl adjacent to an activating group) is 1. The van der Waals surface area contributed by atoms with Crippen molar-refractivity contribution in [2.75, 3.05) is 13.1 Å². The molecule has 0 aliphatic heterocycles. The summed E-state index contributed by atoms with van der Waals surface area (Å²) in [5.41, 5.74) is 0.519. The molecule has 0 bridgehead atoms. The van der Waals surface area contributed by atoms with Crippen LogP contribution in [0.4, 0.5) is 4.39 Å². The minimum absolute atomic E-state index is 0.0175. The highest BCUT2D eigenvalue weighted by atomic mass is 19.1. The molecule has 1 amide bonds. The van der Waals surface area contributed by atoms with Crippen LogP contribution in [0.2, 0.25) is 0 Å². The van der Waals surface area contributed by atoms with Crippen LogP contribution in [0.5, 0.6) is 0 Å². The summed E-state index contributed by atoms with van der Waals surface area (Å²) in [6.07, 6.45) is 0. The number of hydrogen-bond donors (Lipinski definition) is 1. The van der Waals surface area contributed by atoms with Crippen LogP contribution in [0.3, 0.4) is 0 Å². The Morgan fingerprint density at radius 1 is 1.24 bits per heavy atom. The monoisotopic (exact) mass is 292 g/mol. The summed E-state index contributed by atoms with van der Waals surface area (Å²) in [5.74, 6) is -1.74. The number of halogens is 1. The van der Waals surface area contributed by atoms with Gasteiger partial charge in [-0.3, -0.25) is 4.79 Å². The maximum absolute atomic E-state index is 13.2. The van der Waals surface area contributed by atoms with Crippen LogP contribution in [0.15, 0.2) is 24.3 Å². The number of nitrogens with zero attached hydrogens (tertiary/aromatic N) is 2. The molecule has 0 spiro atoms. The van der Waals surface area contributed by atoms with E-state index in [1.165, 1.54) is 28.8 Å². The molecule has 2 rings (SSSR count). The van der Waals surface area contributed by atoms with Crippen molar-refractivity contribution >= 4 is 22.8 Å². The highest BCUT2D eigenvalue weighted by Crippen LogP contribution is 2.21. The smallest absolute Gasteiger partial charge is 0.352 e. The van der Waals surface area contributed by atoms with Gasteiger partial charge in [-0.15, -0.1) is 0 Å². The lowest BCUT2D eigenvalue weighted by atomic mass is 10.2. The fourth-order valence-electron chi connectivity index (χ4n) is 2.40. The molecular weight excluding hydrogens is 275 g/mol. The summed E-state index contributed by atoms with van der Waals surface area (Å²) < 4.78 is 14.7. The molecule has 0 aliphatic rings. The average molecular weight is 292 g/mol. The number of hydrogen-bond acceptors (Lipinski definition) is 2. The van der Waals surface area contributed by atoms with Crippen LogP contribution in [-0.4, -0.2) is 39.5 Å². The molecule has 0 saturated heterocycles. The van der Waals surface area contributed by atoms with Crippen molar-refractivity contribution in [1.82, 2.24) is 9.47 Å². The topological polar surface area (TPSA) is 62.5 Å². The Morgan fingerprint density at radius 2 is 1.90 bits per heavy atom. The first-order valence-corrected chi connectivity index (χ1v) is 6.77. The molecule has 0 unspecified atom stereocenters. The normalized spacial score (nSPS) is 10.8. The molecule has 0 fully saturated rings. The van der Waals surface area contributed by atoms with E-state index in [2.05, 4.69) is 0 Å². The van der Waals surface area contributed by atoms with Crippen molar-refractivity contribution in [2.45, 2.75) is 20.4 Å².